The van der Waals surface area contributed by atoms with Gasteiger partial charge in [-0.1, -0.05) is 24.3 Å². The third-order valence-corrected chi connectivity index (χ3v) is 3.92. The van der Waals surface area contributed by atoms with Crippen LogP contribution in [0.15, 0.2) is 47.4 Å². The van der Waals surface area contributed by atoms with E-state index in [4.69, 9.17) is 0 Å². The van der Waals surface area contributed by atoms with E-state index >= 15 is 0 Å². The second-order valence-electron chi connectivity index (χ2n) is 4.23. The second kappa shape index (κ2) is 4.53. The molecule has 0 aliphatic rings. The Kier molecular flexibility index (Phi) is 3.22. The summed E-state index contributed by atoms with van der Waals surface area (Å²) in [6, 6.07) is 11.1. The molecule has 2 aromatic carbocycles. The highest BCUT2D eigenvalue weighted by Crippen LogP contribution is 2.27. The maximum atomic E-state index is 13.8. The Labute approximate surface area is 106 Å². The van der Waals surface area contributed by atoms with Gasteiger partial charge in [0.15, 0.2) is 9.84 Å². The Morgan fingerprint density at radius 1 is 1.00 bits per heavy atom. The number of aryl methyl sites for hydroxylation is 1. The van der Waals surface area contributed by atoms with Gasteiger partial charge in [-0.15, -0.1) is 0 Å². The summed E-state index contributed by atoms with van der Waals surface area (Å²) in [5, 5.41) is 0. The van der Waals surface area contributed by atoms with E-state index in [0.717, 1.165) is 11.8 Å². The van der Waals surface area contributed by atoms with E-state index in [2.05, 4.69) is 0 Å². The van der Waals surface area contributed by atoms with Crippen molar-refractivity contribution in [2.24, 2.45) is 0 Å². The molecular weight excluding hydrogens is 251 g/mol. The number of benzene rings is 2. The number of hydrogen-bond acceptors (Lipinski definition) is 2. The van der Waals surface area contributed by atoms with Crippen molar-refractivity contribution >= 4 is 9.84 Å². The van der Waals surface area contributed by atoms with Crippen LogP contribution in [0.25, 0.3) is 11.1 Å². The average Bonchev–Trinajstić information content (AvgIpc) is 2.28. The van der Waals surface area contributed by atoms with E-state index in [9.17, 15) is 12.8 Å². The van der Waals surface area contributed by atoms with Crippen molar-refractivity contribution in [3.63, 3.8) is 0 Å². The highest BCUT2D eigenvalue weighted by atomic mass is 32.2. The Bertz CT molecular complexity index is 653. The molecule has 0 aliphatic carbocycles. The molecule has 0 aromatic heterocycles. The third-order valence-electron chi connectivity index (χ3n) is 2.79. The predicted octanol–water partition coefficient (Wildman–Crippen LogP) is 3.20. The lowest BCUT2D eigenvalue weighted by Crippen LogP contribution is -1.96. The van der Waals surface area contributed by atoms with Crippen LogP contribution in [0, 0.1) is 12.7 Å². The zero-order valence-corrected chi connectivity index (χ0v) is 11.0. The van der Waals surface area contributed by atoms with Crippen molar-refractivity contribution in [1.29, 1.82) is 0 Å². The van der Waals surface area contributed by atoms with Crippen LogP contribution in [0.3, 0.4) is 0 Å². The van der Waals surface area contributed by atoms with E-state index in [1.54, 1.807) is 18.2 Å². The molecule has 0 heterocycles. The molecule has 0 unspecified atom stereocenters. The normalized spacial score (nSPS) is 11.5. The summed E-state index contributed by atoms with van der Waals surface area (Å²) in [5.41, 5.74) is 2.01. The van der Waals surface area contributed by atoms with Gasteiger partial charge >= 0.3 is 0 Å². The number of sulfone groups is 1. The van der Waals surface area contributed by atoms with Crippen LogP contribution in [-0.2, 0) is 9.84 Å². The monoisotopic (exact) mass is 264 g/mol. The first-order valence-corrected chi connectivity index (χ1v) is 7.34. The van der Waals surface area contributed by atoms with Gasteiger partial charge in [-0.25, -0.2) is 12.8 Å². The van der Waals surface area contributed by atoms with Crippen molar-refractivity contribution in [3.05, 3.63) is 53.8 Å². The summed E-state index contributed by atoms with van der Waals surface area (Å²) in [5.74, 6) is -0.304. The summed E-state index contributed by atoms with van der Waals surface area (Å²) in [4.78, 5) is 0.236. The SMILES string of the molecule is Cc1cccc(F)c1-c1ccc(S(C)(=O)=O)cc1. The van der Waals surface area contributed by atoms with Crippen LogP contribution in [0.4, 0.5) is 4.39 Å². The van der Waals surface area contributed by atoms with Crippen LogP contribution in [0.5, 0.6) is 0 Å². The minimum Gasteiger partial charge on any atom is -0.224 e. The third kappa shape index (κ3) is 2.43. The molecule has 2 aromatic rings. The summed E-state index contributed by atoms with van der Waals surface area (Å²) in [6.07, 6.45) is 1.15. The molecule has 0 spiro atoms. The van der Waals surface area contributed by atoms with Gasteiger partial charge in [-0.3, -0.25) is 0 Å². The Morgan fingerprint density at radius 3 is 2.11 bits per heavy atom. The lowest BCUT2D eigenvalue weighted by molar-refractivity contribution is 0.602. The van der Waals surface area contributed by atoms with Crippen molar-refractivity contribution in [2.75, 3.05) is 6.26 Å². The van der Waals surface area contributed by atoms with Gasteiger partial charge in [0.2, 0.25) is 0 Å². The maximum Gasteiger partial charge on any atom is 0.175 e. The largest absolute Gasteiger partial charge is 0.224 e. The van der Waals surface area contributed by atoms with E-state index in [0.29, 0.717) is 11.1 Å². The van der Waals surface area contributed by atoms with Crippen LogP contribution < -0.4 is 0 Å². The zero-order valence-electron chi connectivity index (χ0n) is 10.1. The van der Waals surface area contributed by atoms with Crippen molar-refractivity contribution in [2.45, 2.75) is 11.8 Å². The molecule has 4 heteroatoms. The van der Waals surface area contributed by atoms with Gasteiger partial charge in [0.05, 0.1) is 4.90 Å². The van der Waals surface area contributed by atoms with Crippen LogP contribution in [-0.4, -0.2) is 14.7 Å². The van der Waals surface area contributed by atoms with Gasteiger partial charge in [0.1, 0.15) is 5.82 Å². The first kappa shape index (κ1) is 12.8. The van der Waals surface area contributed by atoms with E-state index in [1.807, 2.05) is 13.0 Å². The molecule has 0 amide bonds. The van der Waals surface area contributed by atoms with E-state index in [1.165, 1.54) is 18.2 Å². The molecule has 0 fully saturated rings. The van der Waals surface area contributed by atoms with E-state index in [-0.39, 0.29) is 10.7 Å². The van der Waals surface area contributed by atoms with Gasteiger partial charge in [-0.05, 0) is 36.2 Å². The summed E-state index contributed by atoms with van der Waals surface area (Å²) >= 11 is 0. The summed E-state index contributed by atoms with van der Waals surface area (Å²) in [7, 11) is -3.22. The fourth-order valence-electron chi connectivity index (χ4n) is 1.87. The average molecular weight is 264 g/mol. The summed E-state index contributed by atoms with van der Waals surface area (Å²) < 4.78 is 36.4. The number of hydrogen-bond donors (Lipinski definition) is 0. The van der Waals surface area contributed by atoms with Gasteiger partial charge in [0, 0.05) is 11.8 Å². The zero-order chi connectivity index (χ0) is 13.3. The molecule has 0 saturated heterocycles. The molecule has 0 aliphatic heterocycles. The molecule has 18 heavy (non-hydrogen) atoms. The summed E-state index contributed by atoms with van der Waals surface area (Å²) in [6.45, 7) is 1.82. The molecular formula is C14H13FO2S. The maximum absolute atomic E-state index is 13.8. The minimum absolute atomic E-state index is 0.236. The topological polar surface area (TPSA) is 34.1 Å². The lowest BCUT2D eigenvalue weighted by atomic mass is 10.0. The first-order chi connectivity index (χ1) is 8.39. The quantitative estimate of drug-likeness (QED) is 0.834. The fraction of sp³-hybridized carbons (Fsp3) is 0.143. The molecule has 0 N–H and O–H groups in total. The molecule has 94 valence electrons. The van der Waals surface area contributed by atoms with E-state index < -0.39 is 9.84 Å². The molecule has 2 nitrogen and oxygen atoms in total. The predicted molar refractivity (Wildman–Crippen MR) is 69.7 cm³/mol. The van der Waals surface area contributed by atoms with Crippen LogP contribution in [0.2, 0.25) is 0 Å². The van der Waals surface area contributed by atoms with Crippen LogP contribution in [0.1, 0.15) is 5.56 Å². The Morgan fingerprint density at radius 2 is 1.61 bits per heavy atom. The Hall–Kier alpha value is -1.68. The van der Waals surface area contributed by atoms with Crippen molar-refractivity contribution in [3.8, 4) is 11.1 Å². The highest BCUT2D eigenvalue weighted by Gasteiger charge is 2.10. The molecule has 0 saturated carbocycles. The van der Waals surface area contributed by atoms with Gasteiger partial charge in [0.25, 0.3) is 0 Å². The molecule has 0 radical (unpaired) electrons. The van der Waals surface area contributed by atoms with Gasteiger partial charge in [-0.2, -0.15) is 0 Å². The standard InChI is InChI=1S/C14H13FO2S/c1-10-4-3-5-13(15)14(10)11-6-8-12(9-7-11)18(2,16)17/h3-9H,1-2H3. The lowest BCUT2D eigenvalue weighted by Gasteiger charge is -2.08. The van der Waals surface area contributed by atoms with Crippen molar-refractivity contribution in [1.82, 2.24) is 0 Å². The molecule has 0 atom stereocenters. The Balaban J connectivity index is 2.54. The second-order valence-corrected chi connectivity index (χ2v) is 6.24. The van der Waals surface area contributed by atoms with Crippen molar-refractivity contribution < 1.29 is 12.8 Å². The number of rotatable bonds is 2. The molecule has 2 rings (SSSR count). The van der Waals surface area contributed by atoms with Gasteiger partial charge < -0.3 is 0 Å². The fourth-order valence-corrected chi connectivity index (χ4v) is 2.50. The van der Waals surface area contributed by atoms with Crippen LogP contribution >= 0.6 is 0 Å². The first-order valence-electron chi connectivity index (χ1n) is 5.45. The molecule has 0 bridgehead atoms. The smallest absolute Gasteiger partial charge is 0.175 e. The highest BCUT2D eigenvalue weighted by molar-refractivity contribution is 7.90. The number of halogens is 1. The minimum atomic E-state index is -3.22.